The number of ketones is 1. The molecule has 1 aromatic heterocycles. The highest BCUT2D eigenvalue weighted by Gasteiger charge is 2.47. The number of benzene rings is 2. The lowest BCUT2D eigenvalue weighted by Crippen LogP contribution is -2.29. The maximum absolute atomic E-state index is 13.1. The maximum atomic E-state index is 13.1. The Hall–Kier alpha value is -3.93. The highest BCUT2D eigenvalue weighted by Crippen LogP contribution is 2.42. The molecule has 0 saturated carbocycles. The zero-order valence-electron chi connectivity index (χ0n) is 17.1. The monoisotopic (exact) mass is 414 g/mol. The number of aliphatic hydroxyl groups excluding tert-OH is 1. The molecule has 31 heavy (non-hydrogen) atoms. The fraction of sp³-hybridized carbons (Fsp3) is 0.160. The van der Waals surface area contributed by atoms with E-state index in [0.29, 0.717) is 23.6 Å². The molecule has 1 unspecified atom stereocenters. The van der Waals surface area contributed by atoms with Crippen LogP contribution in [0.5, 0.6) is 5.75 Å². The number of aromatic nitrogens is 1. The van der Waals surface area contributed by atoms with Crippen molar-refractivity contribution in [2.45, 2.75) is 19.4 Å². The van der Waals surface area contributed by atoms with Crippen molar-refractivity contribution in [3.63, 3.8) is 0 Å². The van der Waals surface area contributed by atoms with Crippen LogP contribution in [0.3, 0.4) is 0 Å². The van der Waals surface area contributed by atoms with Crippen LogP contribution in [0.4, 0.5) is 5.69 Å². The summed E-state index contributed by atoms with van der Waals surface area (Å²) in [7, 11) is 0. The molecule has 1 atom stereocenters. The van der Waals surface area contributed by atoms with Gasteiger partial charge < -0.3 is 9.84 Å². The standard InChI is InChI=1S/C25H22N2O4/c1-2-15-31-20-10-6-9-19(16-20)27-22(17-7-4-3-5-8-17)21(24(29)25(27)30)23(28)18-11-13-26-14-12-18/h3-14,16,22,28H,2,15H2,1H3/b23-21+. The second kappa shape index (κ2) is 8.83. The van der Waals surface area contributed by atoms with Gasteiger partial charge in [0.25, 0.3) is 11.7 Å². The number of hydrogen-bond donors (Lipinski definition) is 1. The minimum Gasteiger partial charge on any atom is -0.507 e. The average Bonchev–Trinajstić information content (AvgIpc) is 3.09. The Morgan fingerprint density at radius 2 is 1.77 bits per heavy atom. The van der Waals surface area contributed by atoms with Gasteiger partial charge in [-0.3, -0.25) is 19.5 Å². The van der Waals surface area contributed by atoms with Gasteiger partial charge in [-0.1, -0.05) is 43.3 Å². The number of hydrogen-bond acceptors (Lipinski definition) is 5. The molecule has 0 radical (unpaired) electrons. The van der Waals surface area contributed by atoms with Gasteiger partial charge in [-0.15, -0.1) is 0 Å². The molecule has 1 aliphatic heterocycles. The van der Waals surface area contributed by atoms with Crippen molar-refractivity contribution in [1.29, 1.82) is 0 Å². The normalized spacial score (nSPS) is 17.7. The molecule has 1 N–H and O–H groups in total. The number of nitrogens with zero attached hydrogens (tertiary/aromatic N) is 2. The first kappa shape index (κ1) is 20.3. The summed E-state index contributed by atoms with van der Waals surface area (Å²) in [4.78, 5) is 31.6. The second-order valence-corrected chi connectivity index (χ2v) is 7.16. The molecule has 3 aromatic rings. The quantitative estimate of drug-likeness (QED) is 0.365. The van der Waals surface area contributed by atoms with E-state index in [4.69, 9.17) is 4.74 Å². The molecule has 2 heterocycles. The number of carbonyl (C=O) groups is 2. The van der Waals surface area contributed by atoms with Crippen molar-refractivity contribution in [3.8, 4) is 5.75 Å². The Balaban J connectivity index is 1.87. The number of amides is 1. The summed E-state index contributed by atoms with van der Waals surface area (Å²) < 4.78 is 5.71. The van der Waals surface area contributed by atoms with E-state index in [1.54, 1.807) is 30.3 Å². The lowest BCUT2D eigenvalue weighted by Gasteiger charge is -2.25. The van der Waals surface area contributed by atoms with Crippen LogP contribution in [0, 0.1) is 0 Å². The molecule has 4 rings (SSSR count). The van der Waals surface area contributed by atoms with Gasteiger partial charge in [-0.05, 0) is 36.2 Å². The van der Waals surface area contributed by atoms with Crippen molar-refractivity contribution in [1.82, 2.24) is 4.98 Å². The van der Waals surface area contributed by atoms with Gasteiger partial charge in [0.05, 0.1) is 18.2 Å². The SMILES string of the molecule is CCCOc1cccc(N2C(=O)C(=O)/C(=C(/O)c3ccncc3)C2c2ccccc2)c1. The predicted octanol–water partition coefficient (Wildman–Crippen LogP) is 4.50. The molecule has 6 nitrogen and oxygen atoms in total. The van der Waals surface area contributed by atoms with Crippen molar-refractivity contribution < 1.29 is 19.4 Å². The van der Waals surface area contributed by atoms with Gasteiger partial charge in [0.2, 0.25) is 0 Å². The smallest absolute Gasteiger partial charge is 0.300 e. The fourth-order valence-electron chi connectivity index (χ4n) is 3.66. The zero-order chi connectivity index (χ0) is 21.8. The highest BCUT2D eigenvalue weighted by atomic mass is 16.5. The van der Waals surface area contributed by atoms with Crippen LogP contribution < -0.4 is 9.64 Å². The van der Waals surface area contributed by atoms with E-state index in [-0.39, 0.29) is 11.3 Å². The molecular weight excluding hydrogens is 392 g/mol. The molecule has 0 spiro atoms. The Bertz CT molecular complexity index is 1130. The molecular formula is C25H22N2O4. The summed E-state index contributed by atoms with van der Waals surface area (Å²) in [5.41, 5.74) is 1.71. The van der Waals surface area contributed by atoms with E-state index in [0.717, 1.165) is 12.0 Å². The van der Waals surface area contributed by atoms with Gasteiger partial charge in [-0.2, -0.15) is 0 Å². The first-order valence-electron chi connectivity index (χ1n) is 10.1. The van der Waals surface area contributed by atoms with E-state index in [2.05, 4.69) is 4.98 Å². The number of Topliss-reactive ketones (excluding diaryl/α,β-unsaturated/α-hetero) is 1. The molecule has 156 valence electrons. The van der Waals surface area contributed by atoms with Crippen LogP contribution in [-0.2, 0) is 9.59 Å². The van der Waals surface area contributed by atoms with Gasteiger partial charge in [0.15, 0.2) is 0 Å². The number of anilines is 1. The summed E-state index contributed by atoms with van der Waals surface area (Å²) in [6.07, 6.45) is 3.90. The van der Waals surface area contributed by atoms with Gasteiger partial charge in [0, 0.05) is 29.7 Å². The summed E-state index contributed by atoms with van der Waals surface area (Å²) >= 11 is 0. The maximum Gasteiger partial charge on any atom is 0.300 e. The third-order valence-electron chi connectivity index (χ3n) is 5.08. The van der Waals surface area contributed by atoms with Crippen molar-refractivity contribution in [3.05, 3.63) is 95.8 Å². The lowest BCUT2D eigenvalue weighted by atomic mass is 9.95. The molecule has 6 heteroatoms. The first-order valence-corrected chi connectivity index (χ1v) is 10.1. The van der Waals surface area contributed by atoms with E-state index < -0.39 is 17.7 Å². The summed E-state index contributed by atoms with van der Waals surface area (Å²) in [5, 5.41) is 11.0. The molecule has 0 bridgehead atoms. The van der Waals surface area contributed by atoms with Crippen molar-refractivity contribution in [2.24, 2.45) is 0 Å². The lowest BCUT2D eigenvalue weighted by molar-refractivity contribution is -0.132. The summed E-state index contributed by atoms with van der Waals surface area (Å²) in [6, 6.07) is 18.7. The van der Waals surface area contributed by atoms with Crippen LogP contribution in [0.2, 0.25) is 0 Å². The number of rotatable bonds is 6. The average molecular weight is 414 g/mol. The highest BCUT2D eigenvalue weighted by molar-refractivity contribution is 6.51. The van der Waals surface area contributed by atoms with Crippen LogP contribution in [-0.4, -0.2) is 28.4 Å². The van der Waals surface area contributed by atoms with E-state index in [1.165, 1.54) is 17.3 Å². The predicted molar refractivity (Wildman–Crippen MR) is 118 cm³/mol. The first-order chi connectivity index (χ1) is 15.1. The molecule has 1 amide bonds. The minimum absolute atomic E-state index is 0.0438. The Morgan fingerprint density at radius 3 is 2.48 bits per heavy atom. The summed E-state index contributed by atoms with van der Waals surface area (Å²) in [6.45, 7) is 2.56. The van der Waals surface area contributed by atoms with Crippen LogP contribution >= 0.6 is 0 Å². The van der Waals surface area contributed by atoms with Crippen LogP contribution in [0.25, 0.3) is 5.76 Å². The Labute approximate surface area is 180 Å². The largest absolute Gasteiger partial charge is 0.507 e. The number of ether oxygens (including phenoxy) is 1. The molecule has 2 aromatic carbocycles. The fourth-order valence-corrected chi connectivity index (χ4v) is 3.66. The molecule has 1 fully saturated rings. The van der Waals surface area contributed by atoms with E-state index in [1.807, 2.05) is 43.3 Å². The zero-order valence-corrected chi connectivity index (χ0v) is 17.1. The number of aliphatic hydroxyl groups is 1. The van der Waals surface area contributed by atoms with E-state index >= 15 is 0 Å². The minimum atomic E-state index is -0.768. The Kier molecular flexibility index (Phi) is 5.80. The second-order valence-electron chi connectivity index (χ2n) is 7.16. The topological polar surface area (TPSA) is 79.7 Å². The third-order valence-corrected chi connectivity index (χ3v) is 5.08. The molecule has 1 saturated heterocycles. The van der Waals surface area contributed by atoms with Gasteiger partial charge in [0.1, 0.15) is 11.5 Å². The molecule has 0 aliphatic carbocycles. The van der Waals surface area contributed by atoms with Crippen LogP contribution in [0.1, 0.15) is 30.5 Å². The third kappa shape index (κ3) is 3.92. The summed E-state index contributed by atoms with van der Waals surface area (Å²) in [5.74, 6) is -1.04. The van der Waals surface area contributed by atoms with E-state index in [9.17, 15) is 14.7 Å². The van der Waals surface area contributed by atoms with Crippen molar-refractivity contribution in [2.75, 3.05) is 11.5 Å². The van der Waals surface area contributed by atoms with Crippen molar-refractivity contribution >= 4 is 23.1 Å². The number of carbonyl (C=O) groups excluding carboxylic acids is 2. The molecule has 1 aliphatic rings. The van der Waals surface area contributed by atoms with Gasteiger partial charge in [-0.25, -0.2) is 0 Å². The van der Waals surface area contributed by atoms with Gasteiger partial charge >= 0.3 is 0 Å². The van der Waals surface area contributed by atoms with Crippen LogP contribution in [0.15, 0.2) is 84.7 Å². The number of pyridine rings is 1. The Morgan fingerprint density at radius 1 is 1.03 bits per heavy atom.